The summed E-state index contributed by atoms with van der Waals surface area (Å²) in [7, 11) is 1.36. The van der Waals surface area contributed by atoms with Crippen LogP contribution in [0.2, 0.25) is 0 Å². The van der Waals surface area contributed by atoms with Gasteiger partial charge in [0.2, 0.25) is 12.6 Å². The summed E-state index contributed by atoms with van der Waals surface area (Å²) in [5, 5.41) is 126. The molecule has 4 heterocycles. The third-order valence-corrected chi connectivity index (χ3v) is 11.2. The van der Waals surface area contributed by atoms with Gasteiger partial charge < -0.3 is 104 Å². The summed E-state index contributed by atoms with van der Waals surface area (Å²) in [6, 6.07) is 12.3. The molecule has 0 bridgehead atoms. The van der Waals surface area contributed by atoms with Crippen molar-refractivity contribution in [3.63, 3.8) is 0 Å². The Labute approximate surface area is 369 Å². The third-order valence-electron chi connectivity index (χ3n) is 11.2. The van der Waals surface area contributed by atoms with Crippen molar-refractivity contribution in [3.05, 3.63) is 83.1 Å². The molecule has 3 saturated heterocycles. The Morgan fingerprint density at radius 2 is 1.34 bits per heavy atom. The maximum absolute atomic E-state index is 12.7. The molecule has 12 N–H and O–H groups in total. The van der Waals surface area contributed by atoms with E-state index in [2.05, 4.69) is 0 Å². The molecule has 0 aliphatic carbocycles. The minimum Gasteiger partial charge on any atom is -0.508 e. The van der Waals surface area contributed by atoms with E-state index in [9.17, 15) is 66.1 Å². The number of methoxy groups -OCH3 is 1. The first kappa shape index (κ1) is 47.6. The lowest BCUT2D eigenvalue weighted by Gasteiger charge is -2.43. The van der Waals surface area contributed by atoms with E-state index in [0.29, 0.717) is 11.1 Å². The van der Waals surface area contributed by atoms with Crippen LogP contribution in [0.3, 0.4) is 0 Å². The zero-order chi connectivity index (χ0) is 46.9. The van der Waals surface area contributed by atoms with Crippen LogP contribution in [0.25, 0.3) is 12.2 Å². The van der Waals surface area contributed by atoms with Crippen LogP contribution >= 0.6 is 0 Å². The van der Waals surface area contributed by atoms with E-state index in [4.69, 9.17) is 42.6 Å². The van der Waals surface area contributed by atoms with Crippen molar-refractivity contribution in [2.24, 2.45) is 0 Å². The van der Waals surface area contributed by atoms with Crippen LogP contribution < -0.4 is 14.2 Å². The molecule has 0 saturated carbocycles. The van der Waals surface area contributed by atoms with Crippen LogP contribution in [-0.2, 0) is 33.2 Å². The SMILES string of the molecule is COc1cc(C=CC(=O)OC2C(C)OC(OCC3OC(OC4=Cc5c(cc(O)cc5OC5OC(CO)C(O)C(O)C5O)OC4c4ccc(O)cc4)C(O)C(O)C3O)C(O)C2O)ccc1O. The molecule has 3 aromatic rings. The third kappa shape index (κ3) is 10.2. The number of rotatable bonds is 13. The molecule has 0 aromatic heterocycles. The summed E-state index contributed by atoms with van der Waals surface area (Å²) in [4.78, 5) is 12.7. The first-order valence-corrected chi connectivity index (χ1v) is 20.2. The zero-order valence-electron chi connectivity index (χ0n) is 34.5. The lowest BCUT2D eigenvalue weighted by Crippen LogP contribution is -2.61. The summed E-state index contributed by atoms with van der Waals surface area (Å²) < 4.78 is 51.5. The number of aromatic hydroxyl groups is 3. The number of phenolic OH excluding ortho intramolecular Hbond substituents is 3. The first-order valence-electron chi connectivity index (χ1n) is 20.2. The number of aliphatic hydroxyl groups excluding tert-OH is 9. The Balaban J connectivity index is 1.06. The number of esters is 1. The minimum atomic E-state index is -1.92. The molecule has 0 amide bonds. The fourth-order valence-electron chi connectivity index (χ4n) is 7.51. The van der Waals surface area contributed by atoms with Crippen molar-refractivity contribution in [2.75, 3.05) is 20.3 Å². The van der Waals surface area contributed by atoms with E-state index in [1.54, 1.807) is 0 Å². The highest BCUT2D eigenvalue weighted by Gasteiger charge is 2.50. The number of ether oxygens (including phenoxy) is 9. The van der Waals surface area contributed by atoms with E-state index in [1.165, 1.54) is 74.7 Å². The van der Waals surface area contributed by atoms with Gasteiger partial charge in [0, 0.05) is 23.8 Å². The van der Waals surface area contributed by atoms with Crippen molar-refractivity contribution >= 4 is 18.1 Å². The molecule has 3 aromatic carbocycles. The van der Waals surface area contributed by atoms with E-state index in [-0.39, 0.29) is 45.8 Å². The largest absolute Gasteiger partial charge is 0.508 e. The van der Waals surface area contributed by atoms with Gasteiger partial charge in [0.1, 0.15) is 89.8 Å². The molecule has 4 aliphatic rings. The molecule has 354 valence electrons. The average molecular weight is 919 g/mol. The Kier molecular flexibility index (Phi) is 14.7. The highest BCUT2D eigenvalue weighted by atomic mass is 16.7. The molecule has 16 atom stereocenters. The van der Waals surface area contributed by atoms with Gasteiger partial charge in [-0.3, -0.25) is 0 Å². The molecule has 4 aliphatic heterocycles. The van der Waals surface area contributed by atoms with Crippen LogP contribution in [0.1, 0.15) is 29.7 Å². The predicted molar refractivity (Wildman–Crippen MR) is 216 cm³/mol. The number of hydrogen-bond acceptors (Lipinski definition) is 22. The van der Waals surface area contributed by atoms with Gasteiger partial charge in [0.15, 0.2) is 30.0 Å². The van der Waals surface area contributed by atoms with Crippen molar-refractivity contribution in [1.82, 2.24) is 0 Å². The second-order valence-corrected chi connectivity index (χ2v) is 15.6. The molecule has 22 nitrogen and oxygen atoms in total. The molecule has 22 heteroatoms. The molecule has 7 rings (SSSR count). The van der Waals surface area contributed by atoms with Crippen LogP contribution in [0.4, 0.5) is 0 Å². The number of aliphatic hydroxyl groups is 9. The second kappa shape index (κ2) is 20.1. The Morgan fingerprint density at radius 1 is 0.692 bits per heavy atom. The topological polar surface area (TPSA) is 343 Å². The Hall–Kier alpha value is -5.31. The van der Waals surface area contributed by atoms with E-state index in [1.807, 2.05) is 0 Å². The van der Waals surface area contributed by atoms with Crippen LogP contribution in [0.5, 0.6) is 34.5 Å². The smallest absolute Gasteiger partial charge is 0.331 e. The number of phenols is 3. The molecule has 3 fully saturated rings. The predicted octanol–water partition coefficient (Wildman–Crippen LogP) is -1.60. The fourth-order valence-corrected chi connectivity index (χ4v) is 7.51. The van der Waals surface area contributed by atoms with E-state index >= 15 is 0 Å². The van der Waals surface area contributed by atoms with Gasteiger partial charge in [-0.1, -0.05) is 18.2 Å². The fraction of sp³-hybridized carbons (Fsp3) is 0.465. The normalized spacial score (nSPS) is 34.8. The van der Waals surface area contributed by atoms with Gasteiger partial charge in [-0.05, 0) is 48.9 Å². The summed E-state index contributed by atoms with van der Waals surface area (Å²) >= 11 is 0. The van der Waals surface area contributed by atoms with Crippen molar-refractivity contribution in [1.29, 1.82) is 0 Å². The van der Waals surface area contributed by atoms with Crippen LogP contribution in [-0.4, -0.2) is 180 Å². The molecule has 0 radical (unpaired) electrons. The molecule has 16 unspecified atom stereocenters. The number of carbonyl (C=O) groups excluding carboxylic acids is 1. The molecule has 0 spiro atoms. The maximum Gasteiger partial charge on any atom is 0.331 e. The van der Waals surface area contributed by atoms with Crippen molar-refractivity contribution in [2.45, 2.75) is 105 Å². The number of benzene rings is 3. The standard InChI is InChI=1S/C43H50O22/c1-17-39(65-30(48)10-4-18-3-9-23(47)26(11-18)57-2)35(53)38(56)41(59-17)58-16-29-32(50)34(52)37(55)43(64-29)62-27-14-22-24(60-40(27)19-5-7-20(45)8-6-19)12-21(46)13-25(22)61-42-36(54)33(51)31(49)28(15-44)63-42/h3-14,17,28-29,31-47,49-56H,15-16H2,1-2H3. The van der Waals surface area contributed by atoms with Crippen molar-refractivity contribution in [3.8, 4) is 34.5 Å². The van der Waals surface area contributed by atoms with E-state index < -0.39 is 117 Å². The highest BCUT2D eigenvalue weighted by molar-refractivity contribution is 5.87. The van der Waals surface area contributed by atoms with Gasteiger partial charge in [-0.2, -0.15) is 0 Å². The summed E-state index contributed by atoms with van der Waals surface area (Å²) in [6.45, 7) is 0.0603. The molecular weight excluding hydrogens is 868 g/mol. The maximum atomic E-state index is 12.7. The summed E-state index contributed by atoms with van der Waals surface area (Å²) in [5.41, 5.74) is 0.890. The first-order chi connectivity index (χ1) is 31.0. The van der Waals surface area contributed by atoms with Gasteiger partial charge in [-0.15, -0.1) is 0 Å². The second-order valence-electron chi connectivity index (χ2n) is 15.6. The van der Waals surface area contributed by atoms with Crippen LogP contribution in [0.15, 0.2) is 66.4 Å². The lowest BCUT2D eigenvalue weighted by molar-refractivity contribution is -0.325. The van der Waals surface area contributed by atoms with Gasteiger partial charge in [0.05, 0.1) is 32.0 Å². The highest BCUT2D eigenvalue weighted by Crippen LogP contribution is 2.46. The van der Waals surface area contributed by atoms with Crippen LogP contribution in [0, 0.1) is 0 Å². The number of fused-ring (bicyclic) bond motifs is 1. The lowest BCUT2D eigenvalue weighted by atomic mass is 9.98. The number of carbonyl (C=O) groups is 1. The van der Waals surface area contributed by atoms with Gasteiger partial charge in [-0.25, -0.2) is 4.79 Å². The minimum absolute atomic E-state index is 0.0205. The van der Waals surface area contributed by atoms with E-state index in [0.717, 1.165) is 12.1 Å². The quantitative estimate of drug-likeness (QED) is 0.0678. The molecule has 65 heavy (non-hydrogen) atoms. The summed E-state index contributed by atoms with van der Waals surface area (Å²) in [5.74, 6) is -1.69. The average Bonchev–Trinajstić information content (AvgIpc) is 3.29. The number of hydrogen-bond donors (Lipinski definition) is 12. The monoisotopic (exact) mass is 918 g/mol. The summed E-state index contributed by atoms with van der Waals surface area (Å²) in [6.07, 6.45) is -22.3. The molecular formula is C43H50O22. The van der Waals surface area contributed by atoms with Gasteiger partial charge in [0.25, 0.3) is 0 Å². The van der Waals surface area contributed by atoms with Gasteiger partial charge >= 0.3 is 5.97 Å². The zero-order valence-corrected chi connectivity index (χ0v) is 34.5. The Morgan fingerprint density at radius 3 is 2.02 bits per heavy atom. The Bertz CT molecular complexity index is 2180. The van der Waals surface area contributed by atoms with Crippen molar-refractivity contribution < 1.29 is 109 Å².